The Balaban J connectivity index is 2.06. The second-order valence-electron chi connectivity index (χ2n) is 7.21. The van der Waals surface area contributed by atoms with E-state index in [-0.39, 0.29) is 24.2 Å². The highest BCUT2D eigenvalue weighted by molar-refractivity contribution is 5.80. The number of carbonyl (C=O) groups excluding carboxylic acids is 1. The molecule has 0 spiro atoms. The quantitative estimate of drug-likeness (QED) is 0.556. The molecule has 1 atom stereocenters. The molecule has 0 saturated carbocycles. The van der Waals surface area contributed by atoms with Crippen molar-refractivity contribution in [1.82, 2.24) is 20.4 Å². The van der Waals surface area contributed by atoms with Gasteiger partial charge in [0.05, 0.1) is 19.7 Å². The van der Waals surface area contributed by atoms with E-state index in [0.717, 1.165) is 12.8 Å². The summed E-state index contributed by atoms with van der Waals surface area (Å²) in [6.07, 6.45) is 1.21. The van der Waals surface area contributed by atoms with Gasteiger partial charge in [-0.25, -0.2) is 13.6 Å². The first-order valence-corrected chi connectivity index (χ1v) is 9.85. The summed E-state index contributed by atoms with van der Waals surface area (Å²) >= 11 is 0. The molecule has 1 heterocycles. The fraction of sp³-hybridized carbons (Fsp3) is 0.600. The average molecular weight is 411 g/mol. The van der Waals surface area contributed by atoms with Gasteiger partial charge in [-0.2, -0.15) is 0 Å². The fourth-order valence-corrected chi connectivity index (χ4v) is 3.37. The minimum Gasteiger partial charge on any atom is -0.453 e. The topological polar surface area (TPSA) is 69.2 Å². The number of guanidine groups is 1. The summed E-state index contributed by atoms with van der Waals surface area (Å²) in [6, 6.07) is 3.50. The Bertz CT molecular complexity index is 686. The zero-order valence-corrected chi connectivity index (χ0v) is 17.5. The van der Waals surface area contributed by atoms with Crippen molar-refractivity contribution >= 4 is 12.1 Å². The van der Waals surface area contributed by atoms with Gasteiger partial charge in [0.1, 0.15) is 11.6 Å². The third-order valence-corrected chi connectivity index (χ3v) is 4.99. The van der Waals surface area contributed by atoms with Gasteiger partial charge in [0.25, 0.3) is 0 Å². The van der Waals surface area contributed by atoms with Gasteiger partial charge >= 0.3 is 6.09 Å². The molecular weight excluding hydrogens is 380 g/mol. The van der Waals surface area contributed by atoms with Crippen LogP contribution >= 0.6 is 0 Å². The minimum atomic E-state index is -0.577. The third-order valence-electron chi connectivity index (χ3n) is 4.99. The molecule has 1 aliphatic rings. The highest BCUT2D eigenvalue weighted by Gasteiger charge is 2.25. The van der Waals surface area contributed by atoms with E-state index in [1.807, 2.05) is 6.92 Å². The Labute approximate surface area is 171 Å². The van der Waals surface area contributed by atoms with Gasteiger partial charge < -0.3 is 25.2 Å². The molecule has 2 N–H and O–H groups in total. The van der Waals surface area contributed by atoms with Crippen LogP contribution in [0.25, 0.3) is 0 Å². The Morgan fingerprint density at radius 3 is 2.45 bits per heavy atom. The van der Waals surface area contributed by atoms with Crippen LogP contribution in [0.1, 0.15) is 31.4 Å². The van der Waals surface area contributed by atoms with Crippen molar-refractivity contribution in [3.63, 3.8) is 0 Å². The number of methoxy groups -OCH3 is 1. The number of hydrogen-bond acceptors (Lipinski definition) is 4. The van der Waals surface area contributed by atoms with Crippen LogP contribution in [0, 0.1) is 11.6 Å². The summed E-state index contributed by atoms with van der Waals surface area (Å²) in [6.45, 7) is 4.01. The van der Waals surface area contributed by atoms with Gasteiger partial charge in [-0.3, -0.25) is 4.99 Å². The molecule has 162 valence electrons. The number of halogens is 2. The molecule has 0 radical (unpaired) electrons. The molecule has 1 aliphatic heterocycles. The van der Waals surface area contributed by atoms with Gasteiger partial charge in [-0.1, -0.05) is 6.07 Å². The summed E-state index contributed by atoms with van der Waals surface area (Å²) in [4.78, 5) is 19.6. The van der Waals surface area contributed by atoms with E-state index in [4.69, 9.17) is 4.74 Å². The molecule has 1 amide bonds. The maximum atomic E-state index is 14.2. The van der Waals surface area contributed by atoms with Crippen molar-refractivity contribution in [2.45, 2.75) is 31.8 Å². The second-order valence-corrected chi connectivity index (χ2v) is 7.21. The molecule has 1 unspecified atom stereocenters. The minimum absolute atomic E-state index is 0.0171. The van der Waals surface area contributed by atoms with E-state index in [1.54, 1.807) is 23.9 Å². The number of nitrogens with one attached hydrogen (secondary N) is 2. The molecule has 0 aliphatic carbocycles. The van der Waals surface area contributed by atoms with Crippen LogP contribution in [0.2, 0.25) is 0 Å². The number of amides is 1. The fourth-order valence-electron chi connectivity index (χ4n) is 3.37. The van der Waals surface area contributed by atoms with E-state index in [2.05, 4.69) is 15.6 Å². The number of carbonyl (C=O) groups is 1. The zero-order chi connectivity index (χ0) is 21.4. The number of benzene rings is 1. The van der Waals surface area contributed by atoms with Gasteiger partial charge in [-0.15, -0.1) is 0 Å². The standard InChI is InChI=1S/C20H31F2N5O2/c1-5-23-19(25-14-9-11-27(12-10-14)20(28)29-4)24-13-17(26(2)3)18-15(21)7-6-8-16(18)22/h6-8,14,17H,5,9-13H2,1-4H3,(H2,23,24,25). The summed E-state index contributed by atoms with van der Waals surface area (Å²) < 4.78 is 33.3. The monoisotopic (exact) mass is 411 g/mol. The molecule has 9 heteroatoms. The Morgan fingerprint density at radius 2 is 1.93 bits per heavy atom. The van der Waals surface area contributed by atoms with Crippen LogP contribution in [0.4, 0.5) is 13.6 Å². The molecule has 0 aromatic heterocycles. The number of nitrogens with zero attached hydrogens (tertiary/aromatic N) is 3. The van der Waals surface area contributed by atoms with Crippen molar-refractivity contribution < 1.29 is 18.3 Å². The summed E-state index contributed by atoms with van der Waals surface area (Å²) in [5.41, 5.74) is 0.0171. The van der Waals surface area contributed by atoms with Crippen molar-refractivity contribution in [3.05, 3.63) is 35.4 Å². The number of likely N-dealkylation sites (N-methyl/N-ethyl adjacent to an activating group) is 1. The average Bonchev–Trinajstić information content (AvgIpc) is 2.69. The summed E-state index contributed by atoms with van der Waals surface area (Å²) in [5.74, 6) is -0.563. The number of likely N-dealkylation sites (tertiary alicyclic amines) is 1. The van der Waals surface area contributed by atoms with Gasteiger partial charge in [0.15, 0.2) is 5.96 Å². The first kappa shape index (κ1) is 22.9. The van der Waals surface area contributed by atoms with E-state index < -0.39 is 17.7 Å². The van der Waals surface area contributed by atoms with Gasteiger partial charge in [-0.05, 0) is 46.0 Å². The summed E-state index contributed by atoms with van der Waals surface area (Å²) in [5, 5.41) is 6.54. The Kier molecular flexibility index (Phi) is 8.63. The van der Waals surface area contributed by atoms with Gasteiger partial charge in [0.2, 0.25) is 0 Å². The van der Waals surface area contributed by atoms with Gasteiger partial charge in [0, 0.05) is 31.2 Å². The van der Waals surface area contributed by atoms with Crippen molar-refractivity contribution in [2.24, 2.45) is 4.99 Å². The van der Waals surface area contributed by atoms with Crippen LogP contribution < -0.4 is 10.6 Å². The predicted octanol–water partition coefficient (Wildman–Crippen LogP) is 2.35. The highest BCUT2D eigenvalue weighted by Crippen LogP contribution is 2.24. The lowest BCUT2D eigenvalue weighted by molar-refractivity contribution is 0.111. The van der Waals surface area contributed by atoms with Crippen LogP contribution in [-0.2, 0) is 4.74 Å². The summed E-state index contributed by atoms with van der Waals surface area (Å²) in [7, 11) is 4.92. The van der Waals surface area contributed by atoms with E-state index >= 15 is 0 Å². The Hall–Kier alpha value is -2.42. The van der Waals surface area contributed by atoms with Crippen molar-refractivity contribution in [3.8, 4) is 0 Å². The number of rotatable bonds is 6. The van der Waals surface area contributed by atoms with E-state index in [1.165, 1.54) is 25.3 Å². The second kappa shape index (κ2) is 10.9. The lowest BCUT2D eigenvalue weighted by Gasteiger charge is -2.32. The predicted molar refractivity (Wildman–Crippen MR) is 109 cm³/mol. The molecule has 1 aromatic carbocycles. The molecule has 1 fully saturated rings. The lowest BCUT2D eigenvalue weighted by atomic mass is 10.0. The molecule has 2 rings (SSSR count). The van der Waals surface area contributed by atoms with Crippen LogP contribution in [0.5, 0.6) is 0 Å². The zero-order valence-electron chi connectivity index (χ0n) is 17.5. The molecule has 1 aromatic rings. The molecular formula is C20H31F2N5O2. The van der Waals surface area contributed by atoms with E-state index in [9.17, 15) is 13.6 Å². The number of piperidine rings is 1. The van der Waals surface area contributed by atoms with Crippen LogP contribution in [0.3, 0.4) is 0 Å². The first-order chi connectivity index (χ1) is 13.9. The maximum Gasteiger partial charge on any atom is 0.409 e. The van der Waals surface area contributed by atoms with Crippen LogP contribution in [0.15, 0.2) is 23.2 Å². The number of ether oxygens (including phenoxy) is 1. The Morgan fingerprint density at radius 1 is 1.31 bits per heavy atom. The normalized spacial score (nSPS) is 16.7. The maximum absolute atomic E-state index is 14.2. The molecule has 1 saturated heterocycles. The largest absolute Gasteiger partial charge is 0.453 e. The van der Waals surface area contributed by atoms with Crippen LogP contribution in [-0.4, -0.2) is 75.3 Å². The van der Waals surface area contributed by atoms with Crippen molar-refractivity contribution in [1.29, 1.82) is 0 Å². The molecule has 0 bridgehead atoms. The number of aliphatic imine (C=N–C) groups is 1. The number of hydrogen-bond donors (Lipinski definition) is 2. The SMILES string of the molecule is CCNC(=NCC(c1c(F)cccc1F)N(C)C)NC1CCN(C(=O)OC)CC1. The lowest BCUT2D eigenvalue weighted by Crippen LogP contribution is -2.50. The highest BCUT2D eigenvalue weighted by atomic mass is 19.1. The smallest absolute Gasteiger partial charge is 0.409 e. The third kappa shape index (κ3) is 6.28. The van der Waals surface area contributed by atoms with Crippen molar-refractivity contribution in [2.75, 3.05) is 47.4 Å². The first-order valence-electron chi connectivity index (χ1n) is 9.85. The molecule has 29 heavy (non-hydrogen) atoms. The molecule has 7 nitrogen and oxygen atoms in total. The van der Waals surface area contributed by atoms with E-state index in [0.29, 0.717) is 25.6 Å².